The fourth-order valence-electron chi connectivity index (χ4n) is 3.44. The lowest BCUT2D eigenvalue weighted by Crippen LogP contribution is -2.45. The Labute approximate surface area is 173 Å². The highest BCUT2D eigenvalue weighted by Crippen LogP contribution is 2.28. The summed E-state index contributed by atoms with van der Waals surface area (Å²) in [7, 11) is 0. The third-order valence-electron chi connectivity index (χ3n) is 4.80. The summed E-state index contributed by atoms with van der Waals surface area (Å²) in [6.07, 6.45) is 2.83. The Kier molecular flexibility index (Phi) is 6.55. The van der Waals surface area contributed by atoms with E-state index in [-0.39, 0.29) is 29.8 Å². The highest BCUT2D eigenvalue weighted by molar-refractivity contribution is 6.00. The van der Waals surface area contributed by atoms with E-state index in [2.05, 4.69) is 20.6 Å². The minimum Gasteiger partial charge on any atom is -0.369 e. The molecule has 3 rings (SSSR count). The lowest BCUT2D eigenvalue weighted by molar-refractivity contribution is -0.118. The Hall–Kier alpha value is -3.56. The van der Waals surface area contributed by atoms with Crippen LogP contribution >= 0.6 is 0 Å². The first kappa shape index (κ1) is 21.2. The van der Waals surface area contributed by atoms with Crippen molar-refractivity contribution in [2.75, 3.05) is 16.8 Å². The zero-order valence-electron chi connectivity index (χ0n) is 16.6. The molecular formula is C20H24FN7O2. The lowest BCUT2D eigenvalue weighted by atomic mass is 10.1. The summed E-state index contributed by atoms with van der Waals surface area (Å²) in [6, 6.07) is 6.81. The maximum Gasteiger partial charge on any atom is 0.222 e. The van der Waals surface area contributed by atoms with E-state index in [9.17, 15) is 9.59 Å². The molecule has 0 bridgehead atoms. The Morgan fingerprint density at radius 1 is 1.27 bits per heavy atom. The van der Waals surface area contributed by atoms with E-state index in [1.54, 1.807) is 17.0 Å². The average molecular weight is 413 g/mol. The predicted molar refractivity (Wildman–Crippen MR) is 111 cm³/mol. The van der Waals surface area contributed by atoms with Gasteiger partial charge in [0.1, 0.15) is 12.2 Å². The number of anilines is 2. The second kappa shape index (κ2) is 9.29. The summed E-state index contributed by atoms with van der Waals surface area (Å²) in [6.45, 7) is 2.19. The largest absolute Gasteiger partial charge is 0.369 e. The number of carbonyl (C=O) groups excluding carboxylic acids is 2. The number of benzene rings is 1. The van der Waals surface area contributed by atoms with Crippen LogP contribution < -0.4 is 21.3 Å². The highest BCUT2D eigenvalue weighted by Gasteiger charge is 2.32. The highest BCUT2D eigenvalue weighted by atomic mass is 19.1. The Morgan fingerprint density at radius 2 is 1.97 bits per heavy atom. The summed E-state index contributed by atoms with van der Waals surface area (Å²) >= 11 is 0. The van der Waals surface area contributed by atoms with Crippen LogP contribution in [0, 0.1) is 11.2 Å². The smallest absolute Gasteiger partial charge is 0.222 e. The summed E-state index contributed by atoms with van der Waals surface area (Å²) < 4.78 is 15.1. The molecule has 1 saturated heterocycles. The van der Waals surface area contributed by atoms with Crippen molar-refractivity contribution in [1.82, 2.24) is 15.3 Å². The van der Waals surface area contributed by atoms with E-state index < -0.39 is 17.8 Å². The van der Waals surface area contributed by atoms with Gasteiger partial charge in [0, 0.05) is 20.0 Å². The molecule has 1 aliphatic rings. The molecule has 9 nitrogen and oxygen atoms in total. The first-order valence-corrected chi connectivity index (χ1v) is 9.58. The fraction of sp³-hybridized carbons (Fsp3) is 0.350. The molecule has 158 valence electrons. The van der Waals surface area contributed by atoms with E-state index in [0.717, 1.165) is 17.5 Å². The van der Waals surface area contributed by atoms with Gasteiger partial charge in [-0.3, -0.25) is 15.0 Å². The van der Waals surface area contributed by atoms with E-state index in [1.807, 2.05) is 12.1 Å². The Bertz CT molecular complexity index is 949. The Morgan fingerprint density at radius 3 is 2.63 bits per heavy atom. The molecule has 10 heteroatoms. The van der Waals surface area contributed by atoms with Crippen LogP contribution in [-0.2, 0) is 22.6 Å². The number of carbonyl (C=O) groups is 2. The molecule has 0 spiro atoms. The van der Waals surface area contributed by atoms with E-state index in [4.69, 9.17) is 11.1 Å². The number of aromatic nitrogens is 2. The Balaban J connectivity index is 1.71. The maximum absolute atomic E-state index is 15.1. The zero-order valence-corrected chi connectivity index (χ0v) is 16.6. The van der Waals surface area contributed by atoms with Gasteiger partial charge >= 0.3 is 0 Å². The van der Waals surface area contributed by atoms with Crippen LogP contribution in [0.3, 0.4) is 0 Å². The second-order valence-electron chi connectivity index (χ2n) is 7.12. The average Bonchev–Trinajstić information content (AvgIpc) is 3.17. The molecule has 2 amide bonds. The van der Waals surface area contributed by atoms with Gasteiger partial charge in [0.2, 0.25) is 17.6 Å². The molecule has 0 saturated carbocycles. The first-order valence-electron chi connectivity index (χ1n) is 9.58. The molecule has 1 aliphatic heterocycles. The summed E-state index contributed by atoms with van der Waals surface area (Å²) in [5.74, 6) is -1.16. The van der Waals surface area contributed by atoms with Crippen LogP contribution in [0.1, 0.15) is 30.9 Å². The van der Waals surface area contributed by atoms with E-state index in [0.29, 0.717) is 19.5 Å². The first-order chi connectivity index (χ1) is 14.3. The van der Waals surface area contributed by atoms with Crippen molar-refractivity contribution in [3.05, 3.63) is 47.5 Å². The van der Waals surface area contributed by atoms with Gasteiger partial charge in [-0.1, -0.05) is 24.3 Å². The van der Waals surface area contributed by atoms with Crippen LogP contribution in [0.2, 0.25) is 0 Å². The van der Waals surface area contributed by atoms with Gasteiger partial charge in [0.05, 0.1) is 12.5 Å². The minimum atomic E-state index is -0.606. The van der Waals surface area contributed by atoms with E-state index >= 15 is 4.39 Å². The molecule has 5 N–H and O–H groups in total. The lowest BCUT2D eigenvalue weighted by Gasteiger charge is -2.26. The molecule has 2 heterocycles. The van der Waals surface area contributed by atoms with Gasteiger partial charge < -0.3 is 21.3 Å². The number of amides is 2. The number of rotatable bonds is 7. The van der Waals surface area contributed by atoms with Gasteiger partial charge in [0.15, 0.2) is 11.6 Å². The predicted octanol–water partition coefficient (Wildman–Crippen LogP) is 1.34. The topological polar surface area (TPSA) is 137 Å². The van der Waals surface area contributed by atoms with Crippen molar-refractivity contribution < 1.29 is 14.0 Å². The number of amidine groups is 1. The molecule has 1 aromatic carbocycles. The van der Waals surface area contributed by atoms with Crippen molar-refractivity contribution in [2.45, 2.75) is 38.8 Å². The number of nitrogens with two attached hydrogens (primary N) is 1. The number of primary amides is 1. The van der Waals surface area contributed by atoms with Crippen LogP contribution in [0.5, 0.6) is 0 Å². The van der Waals surface area contributed by atoms with Crippen LogP contribution in [0.15, 0.2) is 30.6 Å². The molecule has 1 unspecified atom stereocenters. The monoisotopic (exact) mass is 413 g/mol. The van der Waals surface area contributed by atoms with Gasteiger partial charge in [-0.05, 0) is 24.0 Å². The van der Waals surface area contributed by atoms with Crippen LogP contribution in [-0.4, -0.2) is 40.2 Å². The maximum atomic E-state index is 15.1. The van der Waals surface area contributed by atoms with Crippen molar-refractivity contribution in [3.8, 4) is 0 Å². The van der Waals surface area contributed by atoms with Gasteiger partial charge in [-0.15, -0.1) is 0 Å². The normalized spacial score (nSPS) is 15.7. The summed E-state index contributed by atoms with van der Waals surface area (Å²) in [5, 5.41) is 13.5. The van der Waals surface area contributed by atoms with Crippen molar-refractivity contribution in [3.63, 3.8) is 0 Å². The molecule has 1 atom stereocenters. The number of hydrogen-bond donors (Lipinski definition) is 4. The number of nitrogens with zero attached hydrogens (tertiary/aromatic N) is 3. The SMILES string of the molecule is CC(=O)NC(=N)C1CCCN1c1ncnc(NCc2ccc(CC(N)=O)cc2)c1F. The summed E-state index contributed by atoms with van der Waals surface area (Å²) in [4.78, 5) is 32.0. The molecule has 1 aromatic heterocycles. The molecule has 1 fully saturated rings. The van der Waals surface area contributed by atoms with Crippen molar-refractivity contribution in [1.29, 1.82) is 5.41 Å². The summed E-state index contributed by atoms with van der Waals surface area (Å²) in [5.41, 5.74) is 6.88. The van der Waals surface area contributed by atoms with Crippen LogP contribution in [0.25, 0.3) is 0 Å². The standard InChI is InChI=1S/C20H24FN7O2/c1-12(29)27-18(23)15-3-2-8-28(15)20-17(21)19(25-11-26-20)24-10-14-6-4-13(5-7-14)9-16(22)30/h4-7,11,15H,2-3,8-10H2,1H3,(H2,22,30)(H2,23,27,29)(H,24,25,26). The van der Waals surface area contributed by atoms with Gasteiger partial charge in [-0.2, -0.15) is 4.39 Å². The fourth-order valence-corrected chi connectivity index (χ4v) is 3.44. The molecule has 0 aliphatic carbocycles. The van der Waals surface area contributed by atoms with Crippen LogP contribution in [0.4, 0.5) is 16.0 Å². The molecular weight excluding hydrogens is 389 g/mol. The molecule has 2 aromatic rings. The van der Waals surface area contributed by atoms with Gasteiger partial charge in [0.25, 0.3) is 0 Å². The number of hydrogen-bond acceptors (Lipinski definition) is 7. The zero-order chi connectivity index (χ0) is 21.7. The van der Waals surface area contributed by atoms with Crippen molar-refractivity contribution >= 4 is 29.3 Å². The van der Waals surface area contributed by atoms with Gasteiger partial charge in [-0.25, -0.2) is 9.97 Å². The third kappa shape index (κ3) is 5.07. The number of nitrogens with one attached hydrogen (secondary N) is 3. The molecule has 0 radical (unpaired) electrons. The molecule has 30 heavy (non-hydrogen) atoms. The second-order valence-corrected chi connectivity index (χ2v) is 7.12. The quantitative estimate of drug-likeness (QED) is 0.399. The number of halogens is 1. The van der Waals surface area contributed by atoms with Crippen molar-refractivity contribution in [2.24, 2.45) is 5.73 Å². The minimum absolute atomic E-state index is 0.0311. The third-order valence-corrected chi connectivity index (χ3v) is 4.80. The van der Waals surface area contributed by atoms with E-state index in [1.165, 1.54) is 13.3 Å².